The molecule has 1 aromatic rings. The first kappa shape index (κ1) is 11.4. The molecule has 1 heterocycles. The second kappa shape index (κ2) is 4.43. The monoisotopic (exact) mass is 285 g/mol. The van der Waals surface area contributed by atoms with Gasteiger partial charge in [-0.2, -0.15) is 0 Å². The van der Waals surface area contributed by atoms with Gasteiger partial charge in [-0.3, -0.25) is 4.79 Å². The highest BCUT2D eigenvalue weighted by atomic mass is 79.9. The molecule has 86 valence electrons. The van der Waals surface area contributed by atoms with Crippen LogP contribution in [0.1, 0.15) is 22.3 Å². The molecule has 0 fully saturated rings. The number of carbonyl (C=O) groups excluding carboxylic acids is 1. The van der Waals surface area contributed by atoms with Gasteiger partial charge < -0.3 is 15.2 Å². The number of carbonyl (C=O) groups is 1. The van der Waals surface area contributed by atoms with Crippen LogP contribution >= 0.6 is 15.9 Å². The van der Waals surface area contributed by atoms with Crippen molar-refractivity contribution in [3.8, 4) is 11.5 Å². The minimum Gasteiger partial charge on any atom is -0.454 e. The Bertz CT molecular complexity index is 445. The molecular weight excluding hydrogens is 274 g/mol. The number of hydrogen-bond donors (Lipinski definition) is 1. The molecule has 0 unspecified atom stereocenters. The van der Waals surface area contributed by atoms with Crippen LogP contribution in [0.25, 0.3) is 0 Å². The lowest BCUT2D eigenvalue weighted by Gasteiger charge is -2.09. The molecule has 4 nitrogen and oxygen atoms in total. The van der Waals surface area contributed by atoms with Crippen LogP contribution in [0.4, 0.5) is 0 Å². The first-order valence-electron chi connectivity index (χ1n) is 4.97. The highest BCUT2D eigenvalue weighted by molar-refractivity contribution is 9.10. The van der Waals surface area contributed by atoms with Gasteiger partial charge in [0.15, 0.2) is 17.3 Å². The summed E-state index contributed by atoms with van der Waals surface area (Å²) in [4.78, 5) is 11.9. The normalized spacial score (nSPS) is 12.9. The first-order chi connectivity index (χ1) is 7.65. The van der Waals surface area contributed by atoms with Crippen LogP contribution in [-0.2, 0) is 0 Å². The minimum absolute atomic E-state index is 0.0111. The Balaban J connectivity index is 2.54. The molecular formula is C11H12BrNO3. The van der Waals surface area contributed by atoms with Crippen molar-refractivity contribution in [2.45, 2.75) is 13.3 Å². The van der Waals surface area contributed by atoms with Gasteiger partial charge in [-0.25, -0.2) is 0 Å². The minimum atomic E-state index is -0.0111. The molecule has 1 aliphatic heterocycles. The summed E-state index contributed by atoms with van der Waals surface area (Å²) in [5.74, 6) is 1.14. The molecule has 0 spiro atoms. The van der Waals surface area contributed by atoms with Gasteiger partial charge in [0.25, 0.3) is 0 Å². The number of halogens is 1. The van der Waals surface area contributed by atoms with Crippen molar-refractivity contribution in [1.29, 1.82) is 0 Å². The molecule has 0 atom stereocenters. The molecule has 2 N–H and O–H groups in total. The summed E-state index contributed by atoms with van der Waals surface area (Å²) in [7, 11) is 0. The van der Waals surface area contributed by atoms with Crippen molar-refractivity contribution in [3.05, 3.63) is 21.7 Å². The van der Waals surface area contributed by atoms with Gasteiger partial charge in [-0.05, 0) is 25.1 Å². The second-order valence-corrected chi connectivity index (χ2v) is 4.41. The summed E-state index contributed by atoms with van der Waals surface area (Å²) in [5, 5.41) is 0. The number of Topliss-reactive ketones (excluding diaryl/α,β-unsaturated/α-hetero) is 1. The largest absolute Gasteiger partial charge is 0.454 e. The smallest absolute Gasteiger partial charge is 0.231 e. The zero-order valence-corrected chi connectivity index (χ0v) is 10.5. The lowest BCUT2D eigenvalue weighted by molar-refractivity contribution is 0.0980. The zero-order valence-electron chi connectivity index (χ0n) is 8.88. The van der Waals surface area contributed by atoms with E-state index in [2.05, 4.69) is 15.9 Å². The molecule has 0 amide bonds. The first-order valence-corrected chi connectivity index (χ1v) is 5.76. The van der Waals surface area contributed by atoms with Crippen molar-refractivity contribution >= 4 is 21.7 Å². The van der Waals surface area contributed by atoms with E-state index in [4.69, 9.17) is 15.2 Å². The van der Waals surface area contributed by atoms with E-state index in [1.165, 1.54) is 0 Å². The van der Waals surface area contributed by atoms with E-state index in [-0.39, 0.29) is 12.6 Å². The van der Waals surface area contributed by atoms with Gasteiger partial charge in [-0.15, -0.1) is 0 Å². The van der Waals surface area contributed by atoms with Crippen LogP contribution < -0.4 is 15.2 Å². The van der Waals surface area contributed by atoms with Gasteiger partial charge in [-0.1, -0.05) is 15.9 Å². The number of fused-ring (bicyclic) bond motifs is 1. The van der Waals surface area contributed by atoms with Crippen LogP contribution in [0, 0.1) is 6.92 Å². The summed E-state index contributed by atoms with van der Waals surface area (Å²) < 4.78 is 11.4. The third-order valence-electron chi connectivity index (χ3n) is 2.51. The van der Waals surface area contributed by atoms with Crippen LogP contribution in [0.2, 0.25) is 0 Å². The quantitative estimate of drug-likeness (QED) is 0.863. The van der Waals surface area contributed by atoms with Gasteiger partial charge in [0, 0.05) is 10.9 Å². The number of hydrogen-bond acceptors (Lipinski definition) is 4. The summed E-state index contributed by atoms with van der Waals surface area (Å²) in [6.07, 6.45) is 0.313. The third-order valence-corrected chi connectivity index (χ3v) is 3.33. The van der Waals surface area contributed by atoms with Crippen LogP contribution in [0.3, 0.4) is 0 Å². The maximum absolute atomic E-state index is 11.9. The van der Waals surface area contributed by atoms with E-state index < -0.39 is 0 Å². The molecule has 2 rings (SSSR count). The van der Waals surface area contributed by atoms with Gasteiger partial charge in [0.05, 0.1) is 5.56 Å². The SMILES string of the molecule is Cc1c(Br)cc2c(c1C(=O)CCN)OCO2. The van der Waals surface area contributed by atoms with Crippen molar-refractivity contribution in [3.63, 3.8) is 0 Å². The third kappa shape index (κ3) is 1.81. The highest BCUT2D eigenvalue weighted by Crippen LogP contribution is 2.41. The van der Waals surface area contributed by atoms with Crippen molar-refractivity contribution in [1.82, 2.24) is 0 Å². The lowest BCUT2D eigenvalue weighted by Crippen LogP contribution is -2.10. The standard InChI is InChI=1S/C11H12BrNO3/c1-6-7(12)4-9-11(16-5-15-9)10(6)8(14)2-3-13/h4H,2-3,5,13H2,1H3. The molecule has 0 aliphatic carbocycles. The van der Waals surface area contributed by atoms with Crippen molar-refractivity contribution < 1.29 is 14.3 Å². The Hall–Kier alpha value is -1.07. The number of rotatable bonds is 3. The van der Waals surface area contributed by atoms with E-state index in [9.17, 15) is 4.79 Å². The second-order valence-electron chi connectivity index (χ2n) is 3.55. The van der Waals surface area contributed by atoms with Crippen LogP contribution in [0.15, 0.2) is 10.5 Å². The van der Waals surface area contributed by atoms with E-state index in [1.807, 2.05) is 13.0 Å². The summed E-state index contributed by atoms with van der Waals surface area (Å²) >= 11 is 3.40. The summed E-state index contributed by atoms with van der Waals surface area (Å²) in [6, 6.07) is 1.82. The van der Waals surface area contributed by atoms with E-state index in [0.29, 0.717) is 30.0 Å². The topological polar surface area (TPSA) is 61.6 Å². The average molecular weight is 286 g/mol. The molecule has 5 heteroatoms. The molecule has 0 radical (unpaired) electrons. The van der Waals surface area contributed by atoms with Crippen molar-refractivity contribution in [2.24, 2.45) is 5.73 Å². The van der Waals surface area contributed by atoms with Crippen LogP contribution in [0.5, 0.6) is 11.5 Å². The molecule has 0 saturated carbocycles. The number of ether oxygens (including phenoxy) is 2. The van der Waals surface area contributed by atoms with Gasteiger partial charge >= 0.3 is 0 Å². The number of ketones is 1. The molecule has 1 aliphatic rings. The fourth-order valence-electron chi connectivity index (χ4n) is 1.70. The van der Waals surface area contributed by atoms with E-state index >= 15 is 0 Å². The highest BCUT2D eigenvalue weighted by Gasteiger charge is 2.25. The predicted octanol–water partition coefficient (Wildman–Crippen LogP) is 2.02. The van der Waals surface area contributed by atoms with Crippen LogP contribution in [-0.4, -0.2) is 19.1 Å². The molecule has 0 saturated heterocycles. The van der Waals surface area contributed by atoms with Gasteiger partial charge in [0.1, 0.15) is 0 Å². The maximum atomic E-state index is 11.9. The fourth-order valence-corrected chi connectivity index (χ4v) is 2.10. The van der Waals surface area contributed by atoms with E-state index in [0.717, 1.165) is 10.0 Å². The molecule has 1 aromatic carbocycles. The van der Waals surface area contributed by atoms with E-state index in [1.54, 1.807) is 0 Å². The fraction of sp³-hybridized carbons (Fsp3) is 0.364. The Kier molecular flexibility index (Phi) is 3.16. The predicted molar refractivity (Wildman–Crippen MR) is 63.0 cm³/mol. The van der Waals surface area contributed by atoms with Crippen molar-refractivity contribution in [2.75, 3.05) is 13.3 Å². The number of nitrogens with two attached hydrogens (primary N) is 1. The lowest BCUT2D eigenvalue weighted by atomic mass is 10.0. The summed E-state index contributed by atoms with van der Waals surface area (Å²) in [6.45, 7) is 2.37. The Morgan fingerprint density at radius 3 is 3.00 bits per heavy atom. The molecule has 0 aromatic heterocycles. The summed E-state index contributed by atoms with van der Waals surface area (Å²) in [5.41, 5.74) is 6.84. The average Bonchev–Trinajstić information content (AvgIpc) is 2.67. The maximum Gasteiger partial charge on any atom is 0.231 e. The Morgan fingerprint density at radius 2 is 2.31 bits per heavy atom. The Morgan fingerprint density at radius 1 is 1.56 bits per heavy atom. The van der Waals surface area contributed by atoms with Gasteiger partial charge in [0.2, 0.25) is 6.79 Å². The molecule has 0 bridgehead atoms. The zero-order chi connectivity index (χ0) is 11.7. The Labute approximate surface area is 102 Å². The molecule has 16 heavy (non-hydrogen) atoms. The number of benzene rings is 1.